The Morgan fingerprint density at radius 2 is 1.95 bits per heavy atom. The molecule has 106 valence electrons. The van der Waals surface area contributed by atoms with E-state index in [1.54, 1.807) is 12.3 Å². The minimum Gasteiger partial charge on any atom is -0.351 e. The summed E-state index contributed by atoms with van der Waals surface area (Å²) in [5, 5.41) is 14.8. The third kappa shape index (κ3) is 4.71. The third-order valence-corrected chi connectivity index (χ3v) is 2.93. The van der Waals surface area contributed by atoms with Gasteiger partial charge in [0.25, 0.3) is 0 Å². The third-order valence-electron chi connectivity index (χ3n) is 2.93. The Kier molecular flexibility index (Phi) is 5.44. The van der Waals surface area contributed by atoms with E-state index in [1.165, 1.54) is 0 Å². The normalized spacial score (nSPS) is 9.86. The van der Waals surface area contributed by atoms with Gasteiger partial charge >= 0.3 is 0 Å². The van der Waals surface area contributed by atoms with Crippen molar-refractivity contribution in [3.8, 4) is 6.07 Å². The highest BCUT2D eigenvalue weighted by molar-refractivity contribution is 5.77. The van der Waals surface area contributed by atoms with Gasteiger partial charge in [0, 0.05) is 24.8 Å². The van der Waals surface area contributed by atoms with Crippen molar-refractivity contribution < 1.29 is 4.79 Å². The van der Waals surface area contributed by atoms with Gasteiger partial charge in [0.1, 0.15) is 11.8 Å². The first kappa shape index (κ1) is 14.7. The molecule has 0 aliphatic carbocycles. The minimum atomic E-state index is -0.0822. The van der Waals surface area contributed by atoms with Crippen molar-refractivity contribution in [2.24, 2.45) is 0 Å². The van der Waals surface area contributed by atoms with Gasteiger partial charge in [-0.05, 0) is 11.6 Å². The summed E-state index contributed by atoms with van der Waals surface area (Å²) >= 11 is 0. The molecule has 1 aromatic heterocycles. The Labute approximate surface area is 123 Å². The molecule has 1 aromatic carbocycles. The van der Waals surface area contributed by atoms with Gasteiger partial charge in [-0.2, -0.15) is 5.26 Å². The van der Waals surface area contributed by atoms with Crippen LogP contribution in [0.1, 0.15) is 16.8 Å². The summed E-state index contributed by atoms with van der Waals surface area (Å²) in [7, 11) is 0. The van der Waals surface area contributed by atoms with Gasteiger partial charge in [-0.3, -0.25) is 4.79 Å². The lowest BCUT2D eigenvalue weighted by atomic mass is 10.2. The summed E-state index contributed by atoms with van der Waals surface area (Å²) in [6.45, 7) is 1.15. The van der Waals surface area contributed by atoms with Crippen LogP contribution in [-0.2, 0) is 17.9 Å². The number of carbonyl (C=O) groups is 1. The van der Waals surface area contributed by atoms with E-state index >= 15 is 0 Å². The standard InChI is InChI=1S/C16H16N4O/c17-9-15-14(7-4-8-19-15)11-18-12-16(21)20-10-13-5-2-1-3-6-13/h1-8,18H,10-12H2,(H,20,21). The average Bonchev–Trinajstić information content (AvgIpc) is 2.54. The molecule has 0 radical (unpaired) electrons. The van der Waals surface area contributed by atoms with Gasteiger partial charge in [-0.15, -0.1) is 0 Å². The molecule has 0 atom stereocenters. The Morgan fingerprint density at radius 3 is 2.71 bits per heavy atom. The molecule has 0 saturated heterocycles. The number of carbonyl (C=O) groups excluding carboxylic acids is 1. The van der Waals surface area contributed by atoms with E-state index in [0.717, 1.165) is 11.1 Å². The van der Waals surface area contributed by atoms with Crippen LogP contribution < -0.4 is 10.6 Å². The van der Waals surface area contributed by atoms with Gasteiger partial charge in [0.05, 0.1) is 6.54 Å². The fraction of sp³-hybridized carbons (Fsp3) is 0.188. The minimum absolute atomic E-state index is 0.0822. The maximum Gasteiger partial charge on any atom is 0.234 e. The zero-order valence-electron chi connectivity index (χ0n) is 11.5. The number of aromatic nitrogens is 1. The molecule has 5 heteroatoms. The predicted octanol–water partition coefficient (Wildman–Crippen LogP) is 1.36. The number of nitrogens with zero attached hydrogens (tertiary/aromatic N) is 2. The van der Waals surface area contributed by atoms with Crippen molar-refractivity contribution in [2.75, 3.05) is 6.54 Å². The topological polar surface area (TPSA) is 77.8 Å². The smallest absolute Gasteiger partial charge is 0.234 e. The summed E-state index contributed by atoms with van der Waals surface area (Å²) in [6, 6.07) is 15.4. The van der Waals surface area contributed by atoms with Crippen LogP contribution in [0.2, 0.25) is 0 Å². The molecule has 0 fully saturated rings. The van der Waals surface area contributed by atoms with E-state index in [2.05, 4.69) is 15.6 Å². The summed E-state index contributed by atoms with van der Waals surface area (Å²) in [4.78, 5) is 15.7. The lowest BCUT2D eigenvalue weighted by molar-refractivity contribution is -0.120. The maximum atomic E-state index is 11.7. The molecule has 5 nitrogen and oxygen atoms in total. The van der Waals surface area contributed by atoms with E-state index in [0.29, 0.717) is 18.8 Å². The molecule has 2 N–H and O–H groups in total. The first-order chi connectivity index (χ1) is 10.3. The summed E-state index contributed by atoms with van der Waals surface area (Å²) < 4.78 is 0. The first-order valence-electron chi connectivity index (χ1n) is 6.65. The predicted molar refractivity (Wildman–Crippen MR) is 78.9 cm³/mol. The highest BCUT2D eigenvalue weighted by Gasteiger charge is 2.04. The molecule has 2 aromatic rings. The summed E-state index contributed by atoms with van der Waals surface area (Å²) in [6.07, 6.45) is 1.58. The largest absolute Gasteiger partial charge is 0.351 e. The number of nitriles is 1. The van der Waals surface area contributed by atoms with Crippen molar-refractivity contribution in [1.29, 1.82) is 5.26 Å². The molecular weight excluding hydrogens is 264 g/mol. The fourth-order valence-electron chi connectivity index (χ4n) is 1.85. The molecule has 1 amide bonds. The maximum absolute atomic E-state index is 11.7. The van der Waals surface area contributed by atoms with Gasteiger partial charge < -0.3 is 10.6 Å². The van der Waals surface area contributed by atoms with Crippen LogP contribution in [-0.4, -0.2) is 17.4 Å². The Morgan fingerprint density at radius 1 is 1.14 bits per heavy atom. The van der Waals surface area contributed by atoms with Crippen molar-refractivity contribution in [3.05, 3.63) is 65.5 Å². The molecule has 0 saturated carbocycles. The van der Waals surface area contributed by atoms with Crippen molar-refractivity contribution in [1.82, 2.24) is 15.6 Å². The van der Waals surface area contributed by atoms with Gasteiger partial charge in [0.15, 0.2) is 0 Å². The van der Waals surface area contributed by atoms with Crippen molar-refractivity contribution in [3.63, 3.8) is 0 Å². The fourth-order valence-corrected chi connectivity index (χ4v) is 1.85. The van der Waals surface area contributed by atoms with Gasteiger partial charge in [0.2, 0.25) is 5.91 Å². The van der Waals surface area contributed by atoms with Crippen LogP contribution in [0.25, 0.3) is 0 Å². The highest BCUT2D eigenvalue weighted by Crippen LogP contribution is 2.02. The number of pyridine rings is 1. The summed E-state index contributed by atoms with van der Waals surface area (Å²) in [5.41, 5.74) is 2.23. The molecule has 0 bridgehead atoms. The van der Waals surface area contributed by atoms with Crippen LogP contribution in [0.3, 0.4) is 0 Å². The van der Waals surface area contributed by atoms with Crippen LogP contribution in [0.4, 0.5) is 0 Å². The van der Waals surface area contributed by atoms with E-state index in [-0.39, 0.29) is 12.5 Å². The second kappa shape index (κ2) is 7.78. The van der Waals surface area contributed by atoms with Crippen molar-refractivity contribution >= 4 is 5.91 Å². The Bertz CT molecular complexity index is 634. The van der Waals surface area contributed by atoms with Crippen LogP contribution in [0, 0.1) is 11.3 Å². The monoisotopic (exact) mass is 280 g/mol. The lowest BCUT2D eigenvalue weighted by Crippen LogP contribution is -2.33. The van der Waals surface area contributed by atoms with E-state index in [4.69, 9.17) is 5.26 Å². The Hall–Kier alpha value is -2.71. The van der Waals surface area contributed by atoms with Gasteiger partial charge in [-0.1, -0.05) is 36.4 Å². The SMILES string of the molecule is N#Cc1ncccc1CNCC(=O)NCc1ccccc1. The van der Waals surface area contributed by atoms with Crippen LogP contribution >= 0.6 is 0 Å². The molecule has 0 unspecified atom stereocenters. The molecule has 1 heterocycles. The number of hydrogen-bond acceptors (Lipinski definition) is 4. The van der Waals surface area contributed by atoms with Gasteiger partial charge in [-0.25, -0.2) is 4.98 Å². The quantitative estimate of drug-likeness (QED) is 0.837. The number of nitrogens with one attached hydrogen (secondary N) is 2. The first-order valence-corrected chi connectivity index (χ1v) is 6.65. The molecule has 0 aliphatic heterocycles. The average molecular weight is 280 g/mol. The van der Waals surface area contributed by atoms with Crippen LogP contribution in [0.15, 0.2) is 48.7 Å². The molecule has 21 heavy (non-hydrogen) atoms. The molecule has 2 rings (SSSR count). The zero-order chi connectivity index (χ0) is 14.9. The Balaban J connectivity index is 1.73. The lowest BCUT2D eigenvalue weighted by Gasteiger charge is -2.07. The zero-order valence-corrected chi connectivity index (χ0v) is 11.5. The van der Waals surface area contributed by atoms with E-state index < -0.39 is 0 Å². The highest BCUT2D eigenvalue weighted by atomic mass is 16.1. The van der Waals surface area contributed by atoms with E-state index in [9.17, 15) is 4.79 Å². The second-order valence-corrected chi connectivity index (χ2v) is 4.49. The number of benzene rings is 1. The number of hydrogen-bond donors (Lipinski definition) is 2. The summed E-state index contributed by atoms with van der Waals surface area (Å²) in [5.74, 6) is -0.0822. The van der Waals surface area contributed by atoms with E-state index in [1.807, 2.05) is 42.5 Å². The number of amides is 1. The molecule has 0 aliphatic rings. The van der Waals surface area contributed by atoms with Crippen LogP contribution in [0.5, 0.6) is 0 Å². The van der Waals surface area contributed by atoms with Crippen molar-refractivity contribution in [2.45, 2.75) is 13.1 Å². The molecular formula is C16H16N4O. The number of rotatable bonds is 6. The second-order valence-electron chi connectivity index (χ2n) is 4.49. The molecule has 0 spiro atoms.